The van der Waals surface area contributed by atoms with Crippen LogP contribution in [0.3, 0.4) is 0 Å². The van der Waals surface area contributed by atoms with Gasteiger partial charge in [-0.3, -0.25) is 4.79 Å². The summed E-state index contributed by atoms with van der Waals surface area (Å²) in [6.45, 7) is 9.36. The van der Waals surface area contributed by atoms with Crippen LogP contribution in [-0.2, 0) is 11.3 Å². The Labute approximate surface area is 188 Å². The molecule has 172 valence electrons. The normalized spacial score (nSPS) is 11.6. The van der Waals surface area contributed by atoms with Crippen LogP contribution in [0.25, 0.3) is 0 Å². The fourth-order valence-corrected chi connectivity index (χ4v) is 3.31. The molecule has 0 saturated heterocycles. The molecule has 0 fully saturated rings. The molecule has 3 amide bonds. The van der Waals surface area contributed by atoms with Crippen molar-refractivity contribution in [3.63, 3.8) is 0 Å². The van der Waals surface area contributed by atoms with E-state index in [4.69, 9.17) is 4.74 Å². The first kappa shape index (κ1) is 24.7. The van der Waals surface area contributed by atoms with Gasteiger partial charge >= 0.3 is 12.0 Å². The van der Waals surface area contributed by atoms with E-state index >= 15 is 0 Å². The maximum atomic E-state index is 12.8. The number of amides is 3. The highest BCUT2D eigenvalue weighted by atomic mass is 16.5. The predicted molar refractivity (Wildman–Crippen MR) is 122 cm³/mol. The van der Waals surface area contributed by atoms with E-state index in [1.165, 1.54) is 0 Å². The zero-order chi connectivity index (χ0) is 23.8. The lowest BCUT2D eigenvalue weighted by Gasteiger charge is -2.19. The lowest BCUT2D eigenvalue weighted by atomic mass is 10.0. The summed E-state index contributed by atoms with van der Waals surface area (Å²) < 4.78 is 5.68. The van der Waals surface area contributed by atoms with Gasteiger partial charge in [0.05, 0.1) is 12.6 Å². The van der Waals surface area contributed by atoms with E-state index in [1.54, 1.807) is 26.0 Å². The number of carbonyl (C=O) groups excluding carboxylic acids is 2. The Morgan fingerprint density at radius 3 is 2.22 bits per heavy atom. The van der Waals surface area contributed by atoms with E-state index in [1.807, 2.05) is 45.0 Å². The summed E-state index contributed by atoms with van der Waals surface area (Å²) in [7, 11) is 0. The first-order valence-corrected chi connectivity index (χ1v) is 10.5. The van der Waals surface area contributed by atoms with Gasteiger partial charge in [0.25, 0.3) is 5.91 Å². The van der Waals surface area contributed by atoms with E-state index in [0.717, 1.165) is 11.1 Å². The number of urea groups is 1. The fourth-order valence-electron chi connectivity index (χ4n) is 3.31. The van der Waals surface area contributed by atoms with Crippen molar-refractivity contribution in [1.29, 1.82) is 0 Å². The van der Waals surface area contributed by atoms with Crippen LogP contribution in [0.5, 0.6) is 5.75 Å². The van der Waals surface area contributed by atoms with Crippen molar-refractivity contribution in [3.8, 4) is 5.75 Å². The average Bonchev–Trinajstić information content (AvgIpc) is 2.68. The number of hydrogen-bond acceptors (Lipinski definition) is 4. The van der Waals surface area contributed by atoms with Crippen molar-refractivity contribution in [1.82, 2.24) is 16.0 Å². The van der Waals surface area contributed by atoms with E-state index < -0.39 is 23.9 Å². The van der Waals surface area contributed by atoms with Gasteiger partial charge in [-0.1, -0.05) is 29.8 Å². The molecular formula is C24H31N3O5. The molecule has 0 spiro atoms. The van der Waals surface area contributed by atoms with Gasteiger partial charge in [-0.15, -0.1) is 0 Å². The second-order valence-electron chi connectivity index (χ2n) is 8.02. The molecule has 0 aliphatic carbocycles. The van der Waals surface area contributed by atoms with Crippen molar-refractivity contribution in [2.24, 2.45) is 0 Å². The summed E-state index contributed by atoms with van der Waals surface area (Å²) >= 11 is 0. The quantitative estimate of drug-likeness (QED) is 0.477. The van der Waals surface area contributed by atoms with Crippen LogP contribution in [-0.4, -0.2) is 41.7 Å². The molecular weight excluding hydrogens is 410 g/mol. The van der Waals surface area contributed by atoms with Gasteiger partial charge in [0, 0.05) is 12.1 Å². The summed E-state index contributed by atoms with van der Waals surface area (Å²) in [5.41, 5.74) is 3.74. The third kappa shape index (κ3) is 7.30. The highest BCUT2D eigenvalue weighted by Gasteiger charge is 2.23. The minimum atomic E-state index is -1.28. The smallest absolute Gasteiger partial charge is 0.328 e. The largest absolute Gasteiger partial charge is 0.491 e. The van der Waals surface area contributed by atoms with Gasteiger partial charge < -0.3 is 25.8 Å². The molecule has 2 rings (SSSR count). The van der Waals surface area contributed by atoms with Crippen LogP contribution in [0.15, 0.2) is 36.4 Å². The monoisotopic (exact) mass is 441 g/mol. The van der Waals surface area contributed by atoms with Crippen LogP contribution in [0.1, 0.15) is 46.5 Å². The molecule has 0 heterocycles. The highest BCUT2D eigenvalue weighted by molar-refractivity contribution is 5.99. The van der Waals surface area contributed by atoms with Crippen molar-refractivity contribution in [3.05, 3.63) is 64.2 Å². The molecule has 1 atom stereocenters. The lowest BCUT2D eigenvalue weighted by Crippen LogP contribution is -2.50. The van der Waals surface area contributed by atoms with Crippen LogP contribution in [0.4, 0.5) is 4.79 Å². The summed E-state index contributed by atoms with van der Waals surface area (Å²) in [4.78, 5) is 36.5. The third-order valence-corrected chi connectivity index (χ3v) is 4.71. The molecule has 0 aliphatic heterocycles. The van der Waals surface area contributed by atoms with Gasteiger partial charge in [-0.25, -0.2) is 9.59 Å². The number of nitrogens with one attached hydrogen (secondary N) is 3. The molecule has 4 N–H and O–H groups in total. The number of benzene rings is 2. The summed E-state index contributed by atoms with van der Waals surface area (Å²) in [6.07, 6.45) is -0.00648. The van der Waals surface area contributed by atoms with Crippen molar-refractivity contribution < 1.29 is 24.2 Å². The van der Waals surface area contributed by atoms with Crippen molar-refractivity contribution >= 4 is 17.9 Å². The third-order valence-electron chi connectivity index (χ3n) is 4.71. The fraction of sp³-hybridized carbons (Fsp3) is 0.375. The second kappa shape index (κ2) is 11.2. The molecule has 2 aromatic rings. The highest BCUT2D eigenvalue weighted by Crippen LogP contribution is 2.23. The van der Waals surface area contributed by atoms with E-state index in [9.17, 15) is 19.5 Å². The average molecular weight is 442 g/mol. The zero-order valence-electron chi connectivity index (χ0n) is 19.1. The molecule has 2 aromatic carbocycles. The molecule has 0 aromatic heterocycles. The van der Waals surface area contributed by atoms with E-state index in [2.05, 4.69) is 16.0 Å². The van der Waals surface area contributed by atoms with Gasteiger partial charge in [0.1, 0.15) is 11.8 Å². The van der Waals surface area contributed by atoms with Gasteiger partial charge in [-0.05, 0) is 63.4 Å². The first-order valence-electron chi connectivity index (χ1n) is 10.5. The maximum absolute atomic E-state index is 12.8. The predicted octanol–water partition coefficient (Wildman–Crippen LogP) is 3.08. The topological polar surface area (TPSA) is 117 Å². The standard InChI is InChI=1S/C24H31N3O5/c1-14(2)32-19-10-16(4)21(17(5)11-19)22(28)27-20(23(29)30)13-26-24(31)25-12-18-8-6-7-15(3)9-18/h6-11,14,20H,12-13H2,1-5H3,(H,27,28)(H,29,30)(H2,25,26,31)/t20-/m0/s1. The maximum Gasteiger partial charge on any atom is 0.328 e. The van der Waals surface area contributed by atoms with Gasteiger partial charge in [-0.2, -0.15) is 0 Å². The first-order chi connectivity index (χ1) is 15.1. The Kier molecular flexibility index (Phi) is 8.63. The number of carbonyl (C=O) groups is 3. The number of rotatable bonds is 9. The molecule has 0 radical (unpaired) electrons. The van der Waals surface area contributed by atoms with E-state index in [-0.39, 0.29) is 12.6 Å². The number of aliphatic carboxylic acids is 1. The SMILES string of the molecule is Cc1cccc(CNC(=O)NC[C@H](NC(=O)c2c(C)cc(OC(C)C)cc2C)C(=O)O)c1. The lowest BCUT2D eigenvalue weighted by molar-refractivity contribution is -0.139. The van der Waals surface area contributed by atoms with Crippen LogP contribution >= 0.6 is 0 Å². The molecule has 8 heteroatoms. The molecule has 0 bridgehead atoms. The van der Waals surface area contributed by atoms with Crippen LogP contribution in [0, 0.1) is 20.8 Å². The summed E-state index contributed by atoms with van der Waals surface area (Å²) in [6, 6.07) is 9.37. The number of aryl methyl sites for hydroxylation is 3. The van der Waals surface area contributed by atoms with Crippen LogP contribution in [0.2, 0.25) is 0 Å². The molecule has 8 nitrogen and oxygen atoms in total. The summed E-state index contributed by atoms with van der Waals surface area (Å²) in [5, 5.41) is 17.2. The minimum absolute atomic E-state index is 0.00648. The Morgan fingerprint density at radius 1 is 1.00 bits per heavy atom. The van der Waals surface area contributed by atoms with E-state index in [0.29, 0.717) is 29.0 Å². The Balaban J connectivity index is 1.97. The minimum Gasteiger partial charge on any atom is -0.491 e. The number of carboxylic acids is 1. The summed E-state index contributed by atoms with van der Waals surface area (Å²) in [5.74, 6) is -1.12. The molecule has 0 aliphatic rings. The zero-order valence-corrected chi connectivity index (χ0v) is 19.1. The van der Waals surface area contributed by atoms with Crippen LogP contribution < -0.4 is 20.7 Å². The number of hydrogen-bond donors (Lipinski definition) is 4. The van der Waals surface area contributed by atoms with Gasteiger partial charge in [0.15, 0.2) is 0 Å². The molecule has 0 unspecified atom stereocenters. The van der Waals surface area contributed by atoms with Crippen molar-refractivity contribution in [2.75, 3.05) is 6.54 Å². The Hall–Kier alpha value is -3.55. The molecule has 32 heavy (non-hydrogen) atoms. The van der Waals surface area contributed by atoms with Crippen molar-refractivity contribution in [2.45, 2.75) is 53.3 Å². The number of ether oxygens (including phenoxy) is 1. The van der Waals surface area contributed by atoms with Gasteiger partial charge in [0.2, 0.25) is 0 Å². The second-order valence-corrected chi connectivity index (χ2v) is 8.02. The number of carboxylic acid groups (broad SMARTS) is 1. The Morgan fingerprint density at radius 2 is 1.66 bits per heavy atom. The molecule has 0 saturated carbocycles. The Bertz CT molecular complexity index is 964.